The molecule has 0 bridgehead atoms. The van der Waals surface area contributed by atoms with E-state index in [1.54, 1.807) is 0 Å². The van der Waals surface area contributed by atoms with E-state index >= 15 is 0 Å². The first-order valence-corrected chi connectivity index (χ1v) is 7.14. The van der Waals surface area contributed by atoms with Crippen LogP contribution in [0.4, 0.5) is 0 Å². The Balaban J connectivity index is 2.11. The van der Waals surface area contributed by atoms with E-state index in [4.69, 9.17) is 11.6 Å². The molecule has 1 aliphatic rings. The molecule has 1 heterocycles. The Labute approximate surface area is 123 Å². The summed E-state index contributed by atoms with van der Waals surface area (Å²) >= 11 is 6.06. The number of aliphatic hydroxyl groups excluding tert-OH is 2. The smallest absolute Gasteiger partial charge is 0.136 e. The number of nitrogens with zero attached hydrogens (tertiary/aromatic N) is 3. The number of halogens is 1. The number of likely N-dealkylation sites (N-methyl/N-ethyl adjacent to an activating group) is 1. The predicted molar refractivity (Wildman–Crippen MR) is 78.5 cm³/mol. The summed E-state index contributed by atoms with van der Waals surface area (Å²) in [5.74, 6) is 0. The van der Waals surface area contributed by atoms with Gasteiger partial charge in [-0.2, -0.15) is 0 Å². The topological polar surface area (TPSA) is 69.5 Å². The molecule has 2 atom stereocenters. The van der Waals surface area contributed by atoms with Gasteiger partial charge in [0.25, 0.3) is 0 Å². The Hall–Kier alpha value is -1.01. The van der Waals surface area contributed by atoms with Gasteiger partial charge in [-0.3, -0.25) is 4.90 Å². The van der Waals surface area contributed by atoms with Crippen molar-refractivity contribution < 1.29 is 10.2 Å². The van der Waals surface area contributed by atoms with Crippen molar-refractivity contribution >= 4 is 17.2 Å². The summed E-state index contributed by atoms with van der Waals surface area (Å²) in [6.07, 6.45) is 4.34. The zero-order valence-electron chi connectivity index (χ0n) is 11.8. The van der Waals surface area contributed by atoms with E-state index in [1.165, 1.54) is 6.33 Å². The molecular weight excluding hydrogens is 278 g/mol. The molecule has 0 fully saturated rings. The van der Waals surface area contributed by atoms with Crippen LogP contribution < -0.4 is 0 Å². The molecular formula is C14H20ClN3O2. The molecule has 20 heavy (non-hydrogen) atoms. The van der Waals surface area contributed by atoms with Crippen LogP contribution in [0.1, 0.15) is 24.6 Å². The summed E-state index contributed by atoms with van der Waals surface area (Å²) in [5, 5.41) is 19.9. The van der Waals surface area contributed by atoms with Crippen molar-refractivity contribution in [2.24, 2.45) is 0 Å². The lowest BCUT2D eigenvalue weighted by Gasteiger charge is -2.30. The highest BCUT2D eigenvalue weighted by atomic mass is 35.5. The molecule has 0 unspecified atom stereocenters. The summed E-state index contributed by atoms with van der Waals surface area (Å²) in [6, 6.07) is -0.276. The Morgan fingerprint density at radius 1 is 1.45 bits per heavy atom. The van der Waals surface area contributed by atoms with Crippen molar-refractivity contribution in [1.29, 1.82) is 0 Å². The monoisotopic (exact) mass is 297 g/mol. The van der Waals surface area contributed by atoms with Gasteiger partial charge in [-0.05, 0) is 25.5 Å². The van der Waals surface area contributed by atoms with Gasteiger partial charge >= 0.3 is 0 Å². The lowest BCUT2D eigenvalue weighted by atomic mass is 10.1. The van der Waals surface area contributed by atoms with E-state index in [2.05, 4.69) is 16.0 Å². The maximum atomic E-state index is 9.93. The molecule has 1 aromatic heterocycles. The first-order chi connectivity index (χ1) is 9.58. The highest BCUT2D eigenvalue weighted by Crippen LogP contribution is 2.30. The maximum Gasteiger partial charge on any atom is 0.136 e. The van der Waals surface area contributed by atoms with Gasteiger partial charge in [0.1, 0.15) is 11.5 Å². The second-order valence-corrected chi connectivity index (χ2v) is 5.42. The van der Waals surface area contributed by atoms with Crippen LogP contribution in [0.3, 0.4) is 0 Å². The van der Waals surface area contributed by atoms with Crippen molar-refractivity contribution in [3.8, 4) is 0 Å². The molecule has 1 aromatic rings. The van der Waals surface area contributed by atoms with Gasteiger partial charge in [0, 0.05) is 12.1 Å². The standard InChI is InChI=1S/C14H20ClN3O2/c1-3-12(20)11(7-19)18(2)6-9-4-5-10-13(9)16-8-17-14(10)15/h4,8,11-12,19-20H,3,5-7H2,1-2H3/t11-,12-/m1/s1. The van der Waals surface area contributed by atoms with E-state index in [9.17, 15) is 10.2 Å². The summed E-state index contributed by atoms with van der Waals surface area (Å²) < 4.78 is 0. The minimum atomic E-state index is -0.541. The highest BCUT2D eigenvalue weighted by molar-refractivity contribution is 6.30. The number of hydrogen-bond acceptors (Lipinski definition) is 5. The Morgan fingerprint density at radius 2 is 2.20 bits per heavy atom. The molecule has 0 amide bonds. The first-order valence-electron chi connectivity index (χ1n) is 6.76. The van der Waals surface area contributed by atoms with Crippen LogP contribution in [-0.2, 0) is 6.42 Å². The van der Waals surface area contributed by atoms with E-state index < -0.39 is 6.10 Å². The average Bonchev–Trinajstić information content (AvgIpc) is 2.84. The number of allylic oxidation sites excluding steroid dienone is 1. The molecule has 1 aliphatic carbocycles. The molecule has 0 aromatic carbocycles. The summed E-state index contributed by atoms with van der Waals surface area (Å²) in [7, 11) is 1.89. The van der Waals surface area contributed by atoms with Crippen LogP contribution >= 0.6 is 11.6 Å². The summed E-state index contributed by atoms with van der Waals surface area (Å²) in [5.41, 5.74) is 2.89. The highest BCUT2D eigenvalue weighted by Gasteiger charge is 2.25. The van der Waals surface area contributed by atoms with Gasteiger partial charge in [0.2, 0.25) is 0 Å². The minimum absolute atomic E-state index is 0.0732. The second-order valence-electron chi connectivity index (χ2n) is 5.07. The zero-order chi connectivity index (χ0) is 14.7. The van der Waals surface area contributed by atoms with E-state index in [-0.39, 0.29) is 12.6 Å². The molecule has 6 heteroatoms. The zero-order valence-corrected chi connectivity index (χ0v) is 12.5. The van der Waals surface area contributed by atoms with Crippen LogP contribution in [0.15, 0.2) is 12.4 Å². The largest absolute Gasteiger partial charge is 0.395 e. The number of aliphatic hydroxyl groups is 2. The number of rotatable bonds is 6. The third kappa shape index (κ3) is 3.01. The molecule has 0 aliphatic heterocycles. The normalized spacial score (nSPS) is 17.0. The Morgan fingerprint density at radius 3 is 2.85 bits per heavy atom. The van der Waals surface area contributed by atoms with Crippen molar-refractivity contribution in [3.63, 3.8) is 0 Å². The van der Waals surface area contributed by atoms with Gasteiger partial charge in [-0.25, -0.2) is 9.97 Å². The van der Waals surface area contributed by atoms with Crippen molar-refractivity contribution in [2.75, 3.05) is 20.2 Å². The van der Waals surface area contributed by atoms with Gasteiger partial charge in [-0.1, -0.05) is 24.6 Å². The van der Waals surface area contributed by atoms with Crippen molar-refractivity contribution in [3.05, 3.63) is 28.8 Å². The number of hydrogen-bond donors (Lipinski definition) is 2. The molecule has 2 N–H and O–H groups in total. The molecule has 5 nitrogen and oxygen atoms in total. The summed E-state index contributed by atoms with van der Waals surface area (Å²) in [4.78, 5) is 10.2. The Kier molecular flexibility index (Phi) is 5.10. The third-order valence-corrected chi connectivity index (χ3v) is 4.11. The fourth-order valence-electron chi connectivity index (χ4n) is 2.52. The molecule has 110 valence electrons. The molecule has 0 saturated heterocycles. The molecule has 2 rings (SSSR count). The van der Waals surface area contributed by atoms with E-state index in [0.717, 1.165) is 23.3 Å². The van der Waals surface area contributed by atoms with Gasteiger partial charge < -0.3 is 10.2 Å². The SMILES string of the molecule is CC[C@@H](O)[C@@H](CO)N(C)CC1=CCc2c(Cl)ncnc21. The number of aromatic nitrogens is 2. The maximum absolute atomic E-state index is 9.93. The van der Waals surface area contributed by atoms with E-state index in [1.807, 2.05) is 18.9 Å². The van der Waals surface area contributed by atoms with Gasteiger partial charge in [-0.15, -0.1) is 0 Å². The van der Waals surface area contributed by atoms with Crippen LogP contribution in [-0.4, -0.2) is 57.4 Å². The van der Waals surface area contributed by atoms with Crippen molar-refractivity contribution in [2.45, 2.75) is 31.9 Å². The van der Waals surface area contributed by atoms with Crippen LogP contribution in [0.5, 0.6) is 0 Å². The first kappa shape index (κ1) is 15.4. The lowest BCUT2D eigenvalue weighted by Crippen LogP contribution is -2.44. The molecule has 0 spiro atoms. The van der Waals surface area contributed by atoms with E-state index in [0.29, 0.717) is 18.1 Å². The minimum Gasteiger partial charge on any atom is -0.395 e. The van der Waals surface area contributed by atoms with Crippen LogP contribution in [0, 0.1) is 0 Å². The Bertz CT molecular complexity index is 507. The lowest BCUT2D eigenvalue weighted by molar-refractivity contribution is 0.0323. The van der Waals surface area contributed by atoms with Crippen LogP contribution in [0.2, 0.25) is 5.15 Å². The number of fused-ring (bicyclic) bond motifs is 1. The summed E-state index contributed by atoms with van der Waals surface area (Å²) in [6.45, 7) is 2.44. The second kappa shape index (κ2) is 6.63. The fourth-order valence-corrected chi connectivity index (χ4v) is 2.73. The van der Waals surface area contributed by atoms with Gasteiger partial charge in [0.15, 0.2) is 0 Å². The van der Waals surface area contributed by atoms with Crippen molar-refractivity contribution in [1.82, 2.24) is 14.9 Å². The molecule has 0 radical (unpaired) electrons. The fraction of sp³-hybridized carbons (Fsp3) is 0.571. The molecule has 0 saturated carbocycles. The quantitative estimate of drug-likeness (QED) is 0.771. The third-order valence-electron chi connectivity index (χ3n) is 3.78. The van der Waals surface area contributed by atoms with Crippen LogP contribution in [0.25, 0.3) is 5.57 Å². The predicted octanol–water partition coefficient (Wildman–Crippen LogP) is 1.13. The van der Waals surface area contributed by atoms with Gasteiger partial charge in [0.05, 0.1) is 24.4 Å². The average molecular weight is 298 g/mol.